The zero-order valence-electron chi connectivity index (χ0n) is 21.0. The number of para-hydroxylation sites is 1. The number of aliphatic imine (C=N–C) groups is 1. The van der Waals surface area contributed by atoms with Crippen molar-refractivity contribution in [1.29, 1.82) is 0 Å². The maximum Gasteiger partial charge on any atom is 0.227 e. The summed E-state index contributed by atoms with van der Waals surface area (Å²) in [6.07, 6.45) is 5.28. The first-order chi connectivity index (χ1) is 17.4. The lowest BCUT2D eigenvalue weighted by Crippen LogP contribution is -2.19. The van der Waals surface area contributed by atoms with Crippen LogP contribution in [-0.4, -0.2) is 59.6 Å². The normalized spacial score (nSPS) is 11.6. The molecule has 4 aromatic rings. The molecule has 36 heavy (non-hydrogen) atoms. The highest BCUT2D eigenvalue weighted by atomic mass is 16.5. The number of rotatable bonds is 10. The van der Waals surface area contributed by atoms with Gasteiger partial charge in [-0.3, -0.25) is 0 Å². The number of methoxy groups -OCH3 is 1. The molecule has 0 unspecified atom stereocenters. The number of hydrogen-bond acceptors (Lipinski definition) is 7. The molecule has 0 fully saturated rings. The predicted octanol–water partition coefficient (Wildman–Crippen LogP) is 4.50. The van der Waals surface area contributed by atoms with E-state index < -0.39 is 0 Å². The number of nitrogens with zero attached hydrogens (tertiary/aromatic N) is 5. The molecule has 0 aliphatic carbocycles. The summed E-state index contributed by atoms with van der Waals surface area (Å²) >= 11 is 0. The molecule has 0 radical (unpaired) electrons. The summed E-state index contributed by atoms with van der Waals surface area (Å²) in [5.41, 5.74) is 10.1. The standard InChI is InChI=1S/C27H31N7O2/c1-6-26(28)30-22-15-21(24(35-5)16-25(22)36-14-13-33(2)3)32-27-29-12-11-20(31-27)19-17-34(4)23-10-8-7-9-18(19)23/h6-12,15-17H,1,13-14H2,2-5H3,(H2,28,30)(H,29,31,32). The molecule has 2 heterocycles. The molecular weight excluding hydrogens is 454 g/mol. The summed E-state index contributed by atoms with van der Waals surface area (Å²) in [6.45, 7) is 4.92. The monoisotopic (exact) mass is 485 g/mol. The summed E-state index contributed by atoms with van der Waals surface area (Å²) in [7, 11) is 7.59. The fraction of sp³-hybridized carbons (Fsp3) is 0.222. The Labute approximate surface area is 210 Å². The lowest BCUT2D eigenvalue weighted by molar-refractivity contribution is 0.261. The molecule has 0 aliphatic heterocycles. The average molecular weight is 486 g/mol. The molecule has 3 N–H and O–H groups in total. The number of hydrogen-bond donors (Lipinski definition) is 2. The van der Waals surface area contributed by atoms with Gasteiger partial charge >= 0.3 is 0 Å². The molecule has 0 saturated heterocycles. The molecule has 9 nitrogen and oxygen atoms in total. The van der Waals surface area contributed by atoms with Crippen molar-refractivity contribution < 1.29 is 9.47 Å². The van der Waals surface area contributed by atoms with Crippen LogP contribution in [0.5, 0.6) is 11.5 Å². The van der Waals surface area contributed by atoms with E-state index >= 15 is 0 Å². The first-order valence-corrected chi connectivity index (χ1v) is 11.5. The Morgan fingerprint density at radius 2 is 2.03 bits per heavy atom. The van der Waals surface area contributed by atoms with Crippen LogP contribution in [0.3, 0.4) is 0 Å². The van der Waals surface area contributed by atoms with Gasteiger partial charge in [0.1, 0.15) is 29.6 Å². The van der Waals surface area contributed by atoms with Crippen molar-refractivity contribution >= 4 is 34.1 Å². The molecule has 2 aromatic heterocycles. The second-order valence-corrected chi connectivity index (χ2v) is 8.47. The fourth-order valence-corrected chi connectivity index (χ4v) is 3.78. The first-order valence-electron chi connectivity index (χ1n) is 11.5. The Kier molecular flexibility index (Phi) is 7.50. The summed E-state index contributed by atoms with van der Waals surface area (Å²) in [5.74, 6) is 1.81. The third-order valence-electron chi connectivity index (χ3n) is 5.61. The molecule has 4 rings (SSSR count). The number of anilines is 2. The number of fused-ring (bicyclic) bond motifs is 1. The van der Waals surface area contributed by atoms with Gasteiger partial charge in [0.2, 0.25) is 5.95 Å². The molecular formula is C27H31N7O2. The van der Waals surface area contributed by atoms with Crippen molar-refractivity contribution in [2.24, 2.45) is 17.8 Å². The van der Waals surface area contributed by atoms with Crippen LogP contribution in [0.2, 0.25) is 0 Å². The third kappa shape index (κ3) is 5.47. The predicted molar refractivity (Wildman–Crippen MR) is 146 cm³/mol. The van der Waals surface area contributed by atoms with E-state index in [4.69, 9.17) is 20.2 Å². The number of aryl methyl sites for hydroxylation is 1. The fourth-order valence-electron chi connectivity index (χ4n) is 3.78. The van der Waals surface area contributed by atoms with Crippen molar-refractivity contribution in [2.75, 3.05) is 39.7 Å². The van der Waals surface area contributed by atoms with Gasteiger partial charge in [-0.25, -0.2) is 15.0 Å². The topological polar surface area (TPSA) is 103 Å². The van der Waals surface area contributed by atoms with E-state index in [0.29, 0.717) is 35.4 Å². The number of aromatic nitrogens is 3. The Hall–Kier alpha value is -4.37. The van der Waals surface area contributed by atoms with Crippen LogP contribution in [0, 0.1) is 0 Å². The van der Waals surface area contributed by atoms with Crippen molar-refractivity contribution in [1.82, 2.24) is 19.4 Å². The number of ether oxygens (including phenoxy) is 2. The number of nitrogens with two attached hydrogens (primary N) is 1. The molecule has 9 heteroatoms. The minimum Gasteiger partial charge on any atom is -0.494 e. The Morgan fingerprint density at radius 3 is 2.78 bits per heavy atom. The SMILES string of the molecule is C=CC(N)=Nc1cc(Nc2nccc(-c3cn(C)c4ccccc34)n2)c(OC)cc1OCCN(C)C. The van der Waals surface area contributed by atoms with Crippen LogP contribution in [0.4, 0.5) is 17.3 Å². The maximum absolute atomic E-state index is 5.98. The number of benzene rings is 2. The second-order valence-electron chi connectivity index (χ2n) is 8.47. The van der Waals surface area contributed by atoms with Crippen LogP contribution in [0.25, 0.3) is 22.2 Å². The van der Waals surface area contributed by atoms with Gasteiger partial charge in [0, 0.05) is 48.5 Å². The van der Waals surface area contributed by atoms with Crippen LogP contribution in [-0.2, 0) is 7.05 Å². The first kappa shape index (κ1) is 24.7. The van der Waals surface area contributed by atoms with Gasteiger partial charge in [-0.2, -0.15) is 0 Å². The molecule has 0 bridgehead atoms. The molecule has 0 saturated carbocycles. The van der Waals surface area contributed by atoms with Gasteiger partial charge < -0.3 is 30.0 Å². The zero-order valence-corrected chi connectivity index (χ0v) is 21.0. The third-order valence-corrected chi connectivity index (χ3v) is 5.61. The van der Waals surface area contributed by atoms with Crippen LogP contribution in [0.1, 0.15) is 0 Å². The molecule has 0 aliphatic rings. The minimum atomic E-state index is 0.276. The van der Waals surface area contributed by atoms with Gasteiger partial charge in [-0.15, -0.1) is 0 Å². The Balaban J connectivity index is 1.70. The van der Waals surface area contributed by atoms with Crippen LogP contribution >= 0.6 is 0 Å². The average Bonchev–Trinajstić information content (AvgIpc) is 3.21. The van der Waals surface area contributed by atoms with Gasteiger partial charge in [0.15, 0.2) is 0 Å². The van der Waals surface area contributed by atoms with E-state index in [-0.39, 0.29) is 5.84 Å². The minimum absolute atomic E-state index is 0.276. The quantitative estimate of drug-likeness (QED) is 0.252. The highest BCUT2D eigenvalue weighted by Gasteiger charge is 2.15. The molecule has 0 atom stereocenters. The van der Waals surface area contributed by atoms with Crippen LogP contribution in [0.15, 0.2) is 72.5 Å². The smallest absolute Gasteiger partial charge is 0.227 e. The van der Waals surface area contributed by atoms with E-state index in [1.165, 1.54) is 6.08 Å². The van der Waals surface area contributed by atoms with E-state index in [1.54, 1.807) is 25.4 Å². The van der Waals surface area contributed by atoms with Crippen molar-refractivity contribution in [3.05, 3.63) is 67.5 Å². The Bertz CT molecular complexity index is 1410. The lowest BCUT2D eigenvalue weighted by Gasteiger charge is -2.16. The highest BCUT2D eigenvalue weighted by molar-refractivity contribution is 5.95. The summed E-state index contributed by atoms with van der Waals surface area (Å²) in [5, 5.41) is 4.39. The number of nitrogens with one attached hydrogen (secondary N) is 1. The van der Waals surface area contributed by atoms with Gasteiger partial charge in [-0.1, -0.05) is 24.8 Å². The second kappa shape index (κ2) is 10.9. The lowest BCUT2D eigenvalue weighted by atomic mass is 10.1. The van der Waals surface area contributed by atoms with Crippen molar-refractivity contribution in [3.8, 4) is 22.8 Å². The molecule has 0 spiro atoms. The van der Waals surface area contributed by atoms with E-state index in [2.05, 4.69) is 44.8 Å². The zero-order chi connectivity index (χ0) is 25.7. The number of likely N-dealkylation sites (N-methyl/N-ethyl adjacent to an activating group) is 1. The summed E-state index contributed by atoms with van der Waals surface area (Å²) in [6, 6.07) is 13.7. The van der Waals surface area contributed by atoms with E-state index in [9.17, 15) is 0 Å². The van der Waals surface area contributed by atoms with Crippen LogP contribution < -0.4 is 20.5 Å². The summed E-state index contributed by atoms with van der Waals surface area (Å²) in [4.78, 5) is 15.7. The number of amidine groups is 1. The molecule has 2 aromatic carbocycles. The van der Waals surface area contributed by atoms with E-state index in [1.807, 2.05) is 44.2 Å². The van der Waals surface area contributed by atoms with Crippen molar-refractivity contribution in [2.45, 2.75) is 0 Å². The van der Waals surface area contributed by atoms with Gasteiger partial charge in [0.05, 0.1) is 18.5 Å². The largest absolute Gasteiger partial charge is 0.494 e. The molecule has 186 valence electrons. The summed E-state index contributed by atoms with van der Waals surface area (Å²) < 4.78 is 13.7. The van der Waals surface area contributed by atoms with E-state index in [0.717, 1.165) is 28.7 Å². The Morgan fingerprint density at radius 1 is 1.22 bits per heavy atom. The maximum atomic E-state index is 5.98. The van der Waals surface area contributed by atoms with Crippen molar-refractivity contribution in [3.63, 3.8) is 0 Å². The molecule has 0 amide bonds. The van der Waals surface area contributed by atoms with Gasteiger partial charge in [-0.05, 0) is 38.4 Å². The highest BCUT2D eigenvalue weighted by Crippen LogP contribution is 2.39. The van der Waals surface area contributed by atoms with Gasteiger partial charge in [0.25, 0.3) is 0 Å².